The number of hydrogen-bond donors (Lipinski definition) is 2. The summed E-state index contributed by atoms with van der Waals surface area (Å²) in [5.41, 5.74) is 11.3. The van der Waals surface area contributed by atoms with Crippen molar-refractivity contribution in [1.82, 2.24) is 4.98 Å². The molecular formula is C21H23N3O. The van der Waals surface area contributed by atoms with Gasteiger partial charge in [0, 0.05) is 29.9 Å². The summed E-state index contributed by atoms with van der Waals surface area (Å²) in [6, 6.07) is 16.6. The summed E-state index contributed by atoms with van der Waals surface area (Å²) < 4.78 is 0. The largest absolute Gasteiger partial charge is 0.367 e. The van der Waals surface area contributed by atoms with Gasteiger partial charge in [-0.2, -0.15) is 0 Å². The minimum absolute atomic E-state index is 0.00516. The van der Waals surface area contributed by atoms with E-state index in [0.29, 0.717) is 13.1 Å². The number of aryl methyl sites for hydroxylation is 1. The fraction of sp³-hybridized carbons (Fsp3) is 0.286. The lowest BCUT2D eigenvalue weighted by Gasteiger charge is -2.31. The Kier molecular flexibility index (Phi) is 4.28. The maximum absolute atomic E-state index is 12.5. The Bertz CT molecular complexity index is 961. The first-order valence-corrected chi connectivity index (χ1v) is 8.92. The summed E-state index contributed by atoms with van der Waals surface area (Å²) >= 11 is 0. The molecule has 0 aliphatic carbocycles. The molecule has 2 heterocycles. The van der Waals surface area contributed by atoms with Crippen LogP contribution in [0.1, 0.15) is 23.1 Å². The van der Waals surface area contributed by atoms with Crippen LogP contribution in [0, 0.1) is 0 Å². The van der Waals surface area contributed by atoms with Crippen molar-refractivity contribution in [1.29, 1.82) is 0 Å². The predicted molar refractivity (Wildman–Crippen MR) is 103 cm³/mol. The molecule has 1 aliphatic rings. The van der Waals surface area contributed by atoms with Crippen LogP contribution < -0.4 is 16.2 Å². The lowest BCUT2D eigenvalue weighted by molar-refractivity contribution is 0.687. The number of H-pyrrole nitrogens is 1. The zero-order chi connectivity index (χ0) is 17.2. The fourth-order valence-corrected chi connectivity index (χ4v) is 3.73. The van der Waals surface area contributed by atoms with E-state index in [0.717, 1.165) is 42.3 Å². The number of rotatable bonds is 4. The van der Waals surface area contributed by atoms with Crippen LogP contribution in [0.25, 0.3) is 10.9 Å². The van der Waals surface area contributed by atoms with Gasteiger partial charge in [-0.3, -0.25) is 4.79 Å². The van der Waals surface area contributed by atoms with Gasteiger partial charge in [0.2, 0.25) is 0 Å². The Balaban J connectivity index is 1.66. The van der Waals surface area contributed by atoms with Gasteiger partial charge in [-0.25, -0.2) is 0 Å². The molecule has 4 rings (SSSR count). The summed E-state index contributed by atoms with van der Waals surface area (Å²) in [5, 5.41) is 1.08. The smallest absolute Gasteiger partial charge is 0.253 e. The molecule has 3 N–H and O–H groups in total. The third-order valence-corrected chi connectivity index (χ3v) is 4.98. The summed E-state index contributed by atoms with van der Waals surface area (Å²) in [7, 11) is 0. The standard InChI is InChI=1S/C21H23N3O/c22-10-9-15-7-8-20-17(12-15)5-3-11-24(20)14-18-13-16-4-1-2-6-19(16)23-21(18)25/h1-2,4,6-8,12-13H,3,5,9-11,14,22H2,(H,23,25). The van der Waals surface area contributed by atoms with E-state index in [1.165, 1.54) is 16.8 Å². The number of hydrogen-bond acceptors (Lipinski definition) is 3. The van der Waals surface area contributed by atoms with Crippen LogP contribution in [-0.2, 0) is 19.4 Å². The maximum Gasteiger partial charge on any atom is 0.253 e. The Hall–Kier alpha value is -2.59. The first-order chi connectivity index (χ1) is 12.2. The number of nitrogens with zero attached hydrogens (tertiary/aromatic N) is 1. The molecule has 3 aromatic rings. The van der Waals surface area contributed by atoms with Crippen molar-refractivity contribution >= 4 is 16.6 Å². The molecule has 0 atom stereocenters. The van der Waals surface area contributed by atoms with Crippen LogP contribution in [0.3, 0.4) is 0 Å². The summed E-state index contributed by atoms with van der Waals surface area (Å²) in [6.07, 6.45) is 3.13. The second kappa shape index (κ2) is 6.73. The predicted octanol–water partition coefficient (Wildman–Crippen LogP) is 2.98. The van der Waals surface area contributed by atoms with E-state index in [9.17, 15) is 4.79 Å². The fourth-order valence-electron chi connectivity index (χ4n) is 3.73. The first kappa shape index (κ1) is 15.9. The Labute approximate surface area is 147 Å². The number of anilines is 1. The van der Waals surface area contributed by atoms with Gasteiger partial charge >= 0.3 is 0 Å². The lowest BCUT2D eigenvalue weighted by Crippen LogP contribution is -2.31. The second-order valence-corrected chi connectivity index (χ2v) is 6.74. The Morgan fingerprint density at radius 2 is 2.00 bits per heavy atom. The molecule has 0 saturated carbocycles. The van der Waals surface area contributed by atoms with Crippen molar-refractivity contribution in [2.45, 2.75) is 25.8 Å². The van der Waals surface area contributed by atoms with Crippen molar-refractivity contribution in [3.8, 4) is 0 Å². The molecule has 128 valence electrons. The molecule has 4 nitrogen and oxygen atoms in total. The van der Waals surface area contributed by atoms with Crippen molar-refractivity contribution in [3.63, 3.8) is 0 Å². The Morgan fingerprint density at radius 1 is 1.12 bits per heavy atom. The zero-order valence-electron chi connectivity index (χ0n) is 14.3. The third-order valence-electron chi connectivity index (χ3n) is 4.98. The lowest BCUT2D eigenvalue weighted by atomic mass is 9.97. The summed E-state index contributed by atoms with van der Waals surface area (Å²) in [6.45, 7) is 2.30. The molecular weight excluding hydrogens is 310 g/mol. The van der Waals surface area contributed by atoms with Gasteiger partial charge in [0.1, 0.15) is 0 Å². The normalized spacial score (nSPS) is 13.9. The van der Waals surface area contributed by atoms with Gasteiger partial charge in [0.25, 0.3) is 5.56 Å². The van der Waals surface area contributed by atoms with Crippen molar-refractivity contribution in [2.75, 3.05) is 18.0 Å². The van der Waals surface area contributed by atoms with Crippen LogP contribution in [0.5, 0.6) is 0 Å². The number of pyridine rings is 1. The average Bonchev–Trinajstić information content (AvgIpc) is 2.63. The number of benzene rings is 2. The second-order valence-electron chi connectivity index (χ2n) is 6.74. The van der Waals surface area contributed by atoms with Crippen LogP contribution >= 0.6 is 0 Å². The highest BCUT2D eigenvalue weighted by Crippen LogP contribution is 2.29. The van der Waals surface area contributed by atoms with Gasteiger partial charge < -0.3 is 15.6 Å². The Morgan fingerprint density at radius 3 is 2.88 bits per heavy atom. The highest BCUT2D eigenvalue weighted by Gasteiger charge is 2.18. The number of fused-ring (bicyclic) bond motifs is 2. The highest BCUT2D eigenvalue weighted by molar-refractivity contribution is 5.78. The number of nitrogens with two attached hydrogens (primary N) is 1. The number of para-hydroxylation sites is 1. The van der Waals surface area contributed by atoms with Gasteiger partial charge in [-0.1, -0.05) is 30.3 Å². The highest BCUT2D eigenvalue weighted by atomic mass is 16.1. The number of nitrogens with one attached hydrogen (secondary N) is 1. The van der Waals surface area contributed by atoms with E-state index in [1.54, 1.807) is 0 Å². The van der Waals surface area contributed by atoms with Crippen LogP contribution in [0.4, 0.5) is 5.69 Å². The van der Waals surface area contributed by atoms with E-state index in [-0.39, 0.29) is 5.56 Å². The van der Waals surface area contributed by atoms with Crippen molar-refractivity contribution in [3.05, 3.63) is 75.6 Å². The molecule has 1 aromatic heterocycles. The minimum Gasteiger partial charge on any atom is -0.367 e. The molecule has 4 heteroatoms. The molecule has 0 radical (unpaired) electrons. The first-order valence-electron chi connectivity index (χ1n) is 8.92. The summed E-state index contributed by atoms with van der Waals surface area (Å²) in [5.74, 6) is 0. The topological polar surface area (TPSA) is 62.1 Å². The monoisotopic (exact) mass is 333 g/mol. The molecule has 0 amide bonds. The van der Waals surface area contributed by atoms with Crippen LogP contribution in [-0.4, -0.2) is 18.1 Å². The molecule has 0 saturated heterocycles. The molecule has 2 aromatic carbocycles. The molecule has 0 bridgehead atoms. The molecule has 0 spiro atoms. The summed E-state index contributed by atoms with van der Waals surface area (Å²) in [4.78, 5) is 17.8. The number of aromatic amines is 1. The van der Waals surface area contributed by atoms with E-state index < -0.39 is 0 Å². The van der Waals surface area contributed by atoms with Gasteiger partial charge in [-0.05, 0) is 60.5 Å². The molecule has 25 heavy (non-hydrogen) atoms. The minimum atomic E-state index is 0.00516. The number of aromatic nitrogens is 1. The quantitative estimate of drug-likeness (QED) is 0.771. The van der Waals surface area contributed by atoms with E-state index >= 15 is 0 Å². The average molecular weight is 333 g/mol. The molecule has 0 unspecified atom stereocenters. The van der Waals surface area contributed by atoms with Gasteiger partial charge in [-0.15, -0.1) is 0 Å². The van der Waals surface area contributed by atoms with Crippen LogP contribution in [0.2, 0.25) is 0 Å². The van der Waals surface area contributed by atoms with E-state index in [4.69, 9.17) is 5.73 Å². The van der Waals surface area contributed by atoms with Crippen molar-refractivity contribution < 1.29 is 0 Å². The van der Waals surface area contributed by atoms with Gasteiger partial charge in [0.05, 0.1) is 0 Å². The zero-order valence-corrected chi connectivity index (χ0v) is 14.3. The van der Waals surface area contributed by atoms with Crippen molar-refractivity contribution in [2.24, 2.45) is 5.73 Å². The van der Waals surface area contributed by atoms with Gasteiger partial charge in [0.15, 0.2) is 0 Å². The molecule has 0 fully saturated rings. The van der Waals surface area contributed by atoms with Crippen LogP contribution in [0.15, 0.2) is 53.3 Å². The van der Waals surface area contributed by atoms with E-state index in [1.807, 2.05) is 30.3 Å². The SMILES string of the molecule is NCCc1ccc2c(c1)CCCN2Cc1cc2ccccc2[nH]c1=O. The molecule has 1 aliphatic heterocycles. The maximum atomic E-state index is 12.5. The third kappa shape index (κ3) is 3.17. The van der Waals surface area contributed by atoms with E-state index in [2.05, 4.69) is 28.1 Å².